The molecule has 0 aliphatic rings. The monoisotopic (exact) mass is 450 g/mol. The number of aromatic nitrogens is 2. The topological polar surface area (TPSA) is 81.3 Å². The summed E-state index contributed by atoms with van der Waals surface area (Å²) in [5, 5.41) is 0.499. The number of carbonyl (C=O) groups excluding carboxylic acids is 1. The standard InChI is InChI=1S/C21H18ClF3N4O2/c22-16-4-1-3-14(13-16)18-9-11-27-19(28-18)29(20(30)31-12-2-10-26)17-7-5-15(6-8-17)21(23,24)25/h1,3-9,11,13H,2,10,12,26H2. The fourth-order valence-electron chi connectivity index (χ4n) is 2.67. The Balaban J connectivity index is 2.00. The third kappa shape index (κ3) is 5.71. The van der Waals surface area contributed by atoms with Crippen molar-refractivity contribution in [3.05, 3.63) is 71.4 Å². The van der Waals surface area contributed by atoms with Crippen molar-refractivity contribution in [2.24, 2.45) is 5.73 Å². The van der Waals surface area contributed by atoms with Crippen LogP contribution in [0.2, 0.25) is 5.02 Å². The van der Waals surface area contributed by atoms with Gasteiger partial charge < -0.3 is 10.5 Å². The lowest BCUT2D eigenvalue weighted by Crippen LogP contribution is -2.29. The number of alkyl halides is 3. The number of anilines is 2. The third-order valence-corrected chi connectivity index (χ3v) is 4.41. The number of hydrogen-bond acceptors (Lipinski definition) is 5. The number of rotatable bonds is 6. The normalized spacial score (nSPS) is 11.3. The van der Waals surface area contributed by atoms with Crippen LogP contribution >= 0.6 is 11.6 Å². The number of nitrogens with two attached hydrogens (primary N) is 1. The average molecular weight is 451 g/mol. The minimum Gasteiger partial charge on any atom is -0.449 e. The van der Waals surface area contributed by atoms with Crippen molar-refractivity contribution in [2.45, 2.75) is 12.6 Å². The second-order valence-corrected chi connectivity index (χ2v) is 6.83. The highest BCUT2D eigenvalue weighted by Gasteiger charge is 2.31. The van der Waals surface area contributed by atoms with Crippen LogP contribution in [-0.2, 0) is 10.9 Å². The Morgan fingerprint density at radius 3 is 2.52 bits per heavy atom. The molecule has 10 heteroatoms. The molecule has 0 bridgehead atoms. The molecule has 2 aromatic carbocycles. The summed E-state index contributed by atoms with van der Waals surface area (Å²) in [4.78, 5) is 22.3. The summed E-state index contributed by atoms with van der Waals surface area (Å²) < 4.78 is 44.0. The van der Waals surface area contributed by atoms with Crippen LogP contribution < -0.4 is 10.6 Å². The van der Waals surface area contributed by atoms with Crippen LogP contribution in [0.25, 0.3) is 11.3 Å². The number of ether oxygens (including phenoxy) is 1. The predicted octanol–water partition coefficient (Wildman–Crippen LogP) is 5.44. The molecule has 1 amide bonds. The first-order valence-corrected chi connectivity index (χ1v) is 9.60. The van der Waals surface area contributed by atoms with Crippen molar-refractivity contribution in [1.82, 2.24) is 9.97 Å². The van der Waals surface area contributed by atoms with E-state index in [1.165, 1.54) is 6.20 Å². The molecule has 3 aromatic rings. The minimum atomic E-state index is -4.51. The zero-order valence-corrected chi connectivity index (χ0v) is 16.9. The van der Waals surface area contributed by atoms with Gasteiger partial charge in [0.2, 0.25) is 5.95 Å². The van der Waals surface area contributed by atoms with Crippen molar-refractivity contribution in [2.75, 3.05) is 18.1 Å². The van der Waals surface area contributed by atoms with Gasteiger partial charge in [-0.2, -0.15) is 13.2 Å². The molecule has 0 unspecified atom stereocenters. The summed E-state index contributed by atoms with van der Waals surface area (Å²) in [5.41, 5.74) is 5.85. The van der Waals surface area contributed by atoms with Gasteiger partial charge in [-0.1, -0.05) is 23.7 Å². The third-order valence-electron chi connectivity index (χ3n) is 4.17. The molecule has 6 nitrogen and oxygen atoms in total. The fourth-order valence-corrected chi connectivity index (χ4v) is 2.86. The maximum Gasteiger partial charge on any atom is 0.421 e. The molecule has 0 saturated heterocycles. The second kappa shape index (κ2) is 9.76. The maximum atomic E-state index is 12.9. The van der Waals surface area contributed by atoms with Crippen LogP contribution in [0, 0.1) is 0 Å². The molecule has 0 saturated carbocycles. The van der Waals surface area contributed by atoms with Crippen molar-refractivity contribution in [3.8, 4) is 11.3 Å². The molecule has 2 N–H and O–H groups in total. The summed E-state index contributed by atoms with van der Waals surface area (Å²) >= 11 is 6.04. The van der Waals surface area contributed by atoms with Gasteiger partial charge in [-0.05, 0) is 55.4 Å². The van der Waals surface area contributed by atoms with Crippen LogP contribution in [0.3, 0.4) is 0 Å². The van der Waals surface area contributed by atoms with Crippen LogP contribution in [0.5, 0.6) is 0 Å². The van der Waals surface area contributed by atoms with E-state index in [0.29, 0.717) is 29.2 Å². The highest BCUT2D eigenvalue weighted by Crippen LogP contribution is 2.32. The summed E-state index contributed by atoms with van der Waals surface area (Å²) in [5.74, 6) is -0.0602. The first-order chi connectivity index (χ1) is 14.8. The van der Waals surface area contributed by atoms with E-state index in [0.717, 1.165) is 29.2 Å². The van der Waals surface area contributed by atoms with Gasteiger partial charge in [0.1, 0.15) is 0 Å². The number of hydrogen-bond donors (Lipinski definition) is 1. The smallest absolute Gasteiger partial charge is 0.421 e. The highest BCUT2D eigenvalue weighted by molar-refractivity contribution is 6.30. The van der Waals surface area contributed by atoms with Crippen LogP contribution in [-0.4, -0.2) is 29.2 Å². The molecule has 0 aliphatic carbocycles. The van der Waals surface area contributed by atoms with E-state index in [1.54, 1.807) is 30.3 Å². The lowest BCUT2D eigenvalue weighted by molar-refractivity contribution is -0.137. The van der Waals surface area contributed by atoms with Gasteiger partial charge >= 0.3 is 12.3 Å². The van der Waals surface area contributed by atoms with Gasteiger partial charge in [-0.3, -0.25) is 0 Å². The van der Waals surface area contributed by atoms with Crippen molar-refractivity contribution >= 4 is 29.3 Å². The van der Waals surface area contributed by atoms with Gasteiger partial charge in [0.05, 0.1) is 23.6 Å². The van der Waals surface area contributed by atoms with Gasteiger partial charge in [-0.25, -0.2) is 19.7 Å². The Labute approximate surface area is 181 Å². The quantitative estimate of drug-likeness (QED) is 0.506. The maximum absolute atomic E-state index is 12.9. The zero-order chi connectivity index (χ0) is 22.4. The van der Waals surface area contributed by atoms with E-state index in [4.69, 9.17) is 22.1 Å². The molecule has 3 rings (SSSR count). The molecular weight excluding hydrogens is 433 g/mol. The highest BCUT2D eigenvalue weighted by atomic mass is 35.5. The van der Waals surface area contributed by atoms with E-state index in [1.807, 2.05) is 0 Å². The van der Waals surface area contributed by atoms with E-state index in [2.05, 4.69) is 9.97 Å². The number of amides is 1. The Morgan fingerprint density at radius 2 is 1.87 bits per heavy atom. The summed E-state index contributed by atoms with van der Waals surface area (Å²) in [7, 11) is 0. The van der Waals surface area contributed by atoms with Crippen molar-refractivity contribution in [1.29, 1.82) is 0 Å². The summed E-state index contributed by atoms with van der Waals surface area (Å²) in [6, 6.07) is 12.6. The van der Waals surface area contributed by atoms with Crippen LogP contribution in [0.15, 0.2) is 60.8 Å². The lowest BCUT2D eigenvalue weighted by atomic mass is 10.1. The Morgan fingerprint density at radius 1 is 1.13 bits per heavy atom. The SMILES string of the molecule is NCCCOC(=O)N(c1ccc(C(F)(F)F)cc1)c1nccc(-c2cccc(Cl)c2)n1. The van der Waals surface area contributed by atoms with Gasteiger partial charge in [0, 0.05) is 16.8 Å². The van der Waals surface area contributed by atoms with E-state index in [9.17, 15) is 18.0 Å². The number of halogens is 4. The number of benzene rings is 2. The van der Waals surface area contributed by atoms with Gasteiger partial charge in [-0.15, -0.1) is 0 Å². The van der Waals surface area contributed by atoms with Gasteiger partial charge in [0.25, 0.3) is 0 Å². The molecule has 0 radical (unpaired) electrons. The number of carbonyl (C=O) groups is 1. The van der Waals surface area contributed by atoms with Crippen LogP contribution in [0.4, 0.5) is 29.6 Å². The van der Waals surface area contributed by atoms with Gasteiger partial charge in [0.15, 0.2) is 0 Å². The Hall–Kier alpha value is -3.17. The molecule has 0 atom stereocenters. The molecule has 31 heavy (non-hydrogen) atoms. The lowest BCUT2D eigenvalue weighted by Gasteiger charge is -2.21. The zero-order valence-electron chi connectivity index (χ0n) is 16.1. The fraction of sp³-hybridized carbons (Fsp3) is 0.190. The predicted molar refractivity (Wildman–Crippen MR) is 111 cm³/mol. The molecule has 162 valence electrons. The molecule has 0 spiro atoms. The summed E-state index contributed by atoms with van der Waals surface area (Å²) in [6.45, 7) is 0.356. The minimum absolute atomic E-state index is 0.0421. The molecular formula is C21H18ClF3N4O2. The largest absolute Gasteiger partial charge is 0.449 e. The first-order valence-electron chi connectivity index (χ1n) is 9.23. The van der Waals surface area contributed by atoms with Crippen molar-refractivity contribution in [3.63, 3.8) is 0 Å². The molecule has 1 heterocycles. The Bertz CT molecular complexity index is 1050. The van der Waals surface area contributed by atoms with Crippen molar-refractivity contribution < 1.29 is 22.7 Å². The molecule has 0 aliphatic heterocycles. The molecule has 1 aromatic heterocycles. The van der Waals surface area contributed by atoms with E-state index >= 15 is 0 Å². The summed E-state index contributed by atoms with van der Waals surface area (Å²) in [6.07, 6.45) is -3.48. The first kappa shape index (κ1) is 22.5. The molecule has 0 fully saturated rings. The second-order valence-electron chi connectivity index (χ2n) is 6.39. The van der Waals surface area contributed by atoms with E-state index < -0.39 is 17.8 Å². The Kier molecular flexibility index (Phi) is 7.09. The average Bonchev–Trinajstić information content (AvgIpc) is 2.74. The number of nitrogens with zero attached hydrogens (tertiary/aromatic N) is 3. The van der Waals surface area contributed by atoms with E-state index in [-0.39, 0.29) is 18.2 Å². The van der Waals surface area contributed by atoms with Crippen LogP contribution in [0.1, 0.15) is 12.0 Å².